The highest BCUT2D eigenvalue weighted by molar-refractivity contribution is 5.44. The molecule has 0 saturated carbocycles. The number of nitrogens with two attached hydrogens (primary N) is 1. The maximum Gasteiger partial charge on any atom is 0.161 e. The molecule has 0 bridgehead atoms. The predicted molar refractivity (Wildman–Crippen MR) is 67.0 cm³/mol. The molecular formula is C14H17NO2. The fourth-order valence-electron chi connectivity index (χ4n) is 1.81. The van der Waals surface area contributed by atoms with Crippen molar-refractivity contribution in [3.05, 3.63) is 23.8 Å². The van der Waals surface area contributed by atoms with Gasteiger partial charge in [-0.3, -0.25) is 0 Å². The second kappa shape index (κ2) is 5.60. The molecule has 0 spiro atoms. The van der Waals surface area contributed by atoms with Gasteiger partial charge in [-0.1, -0.05) is 6.07 Å². The largest absolute Gasteiger partial charge is 0.486 e. The van der Waals surface area contributed by atoms with Crippen LogP contribution in [0.1, 0.15) is 31.4 Å². The first-order valence-corrected chi connectivity index (χ1v) is 5.86. The van der Waals surface area contributed by atoms with Crippen molar-refractivity contribution in [3.8, 4) is 23.3 Å². The molecule has 2 rings (SSSR count). The van der Waals surface area contributed by atoms with Gasteiger partial charge in [0, 0.05) is 12.5 Å². The lowest BCUT2D eigenvalue weighted by molar-refractivity contribution is 0.171. The Morgan fingerprint density at radius 2 is 2.06 bits per heavy atom. The molecule has 1 aromatic rings. The minimum absolute atomic E-state index is 0.00618. The van der Waals surface area contributed by atoms with Crippen molar-refractivity contribution < 1.29 is 9.47 Å². The molecule has 1 aliphatic heterocycles. The van der Waals surface area contributed by atoms with Crippen LogP contribution in [0.5, 0.6) is 11.5 Å². The Morgan fingerprint density at radius 1 is 1.29 bits per heavy atom. The summed E-state index contributed by atoms with van der Waals surface area (Å²) in [6.07, 6.45) is 1.69. The molecule has 0 aromatic heterocycles. The van der Waals surface area contributed by atoms with Gasteiger partial charge in [0.2, 0.25) is 0 Å². The Kier molecular flexibility index (Phi) is 3.89. The first-order chi connectivity index (χ1) is 8.31. The fourth-order valence-corrected chi connectivity index (χ4v) is 1.81. The summed E-state index contributed by atoms with van der Waals surface area (Å²) in [6, 6.07) is 5.90. The quantitative estimate of drug-likeness (QED) is 0.811. The summed E-state index contributed by atoms with van der Waals surface area (Å²) in [4.78, 5) is 0. The first kappa shape index (κ1) is 11.8. The van der Waals surface area contributed by atoms with Crippen LogP contribution < -0.4 is 15.2 Å². The van der Waals surface area contributed by atoms with Gasteiger partial charge in [0.15, 0.2) is 11.5 Å². The zero-order valence-electron chi connectivity index (χ0n) is 10.0. The summed E-state index contributed by atoms with van der Waals surface area (Å²) < 4.78 is 11.0. The summed E-state index contributed by atoms with van der Waals surface area (Å²) >= 11 is 0. The monoisotopic (exact) mass is 231 g/mol. The third kappa shape index (κ3) is 2.92. The van der Waals surface area contributed by atoms with E-state index in [2.05, 4.69) is 11.8 Å². The molecule has 0 radical (unpaired) electrons. The minimum Gasteiger partial charge on any atom is -0.486 e. The number of hydrogen-bond donors (Lipinski definition) is 1. The molecule has 90 valence electrons. The summed E-state index contributed by atoms with van der Waals surface area (Å²) in [7, 11) is 0. The summed E-state index contributed by atoms with van der Waals surface area (Å²) in [5.74, 6) is 7.50. The summed E-state index contributed by atoms with van der Waals surface area (Å²) in [5, 5.41) is 0. The van der Waals surface area contributed by atoms with E-state index in [1.54, 1.807) is 0 Å². The number of rotatable bonds is 3. The Labute approximate surface area is 102 Å². The number of ether oxygens (including phenoxy) is 2. The Hall–Kier alpha value is -1.66. The van der Waals surface area contributed by atoms with Gasteiger partial charge in [0.05, 0.1) is 0 Å². The van der Waals surface area contributed by atoms with Gasteiger partial charge < -0.3 is 15.2 Å². The third-order valence-electron chi connectivity index (χ3n) is 2.75. The number of hydrogen-bond acceptors (Lipinski definition) is 3. The second-order valence-electron chi connectivity index (χ2n) is 3.98. The summed E-state index contributed by atoms with van der Waals surface area (Å²) in [5.41, 5.74) is 7.18. The van der Waals surface area contributed by atoms with E-state index in [-0.39, 0.29) is 6.04 Å². The average Bonchev–Trinajstić information content (AvgIpc) is 2.38. The zero-order chi connectivity index (χ0) is 12.1. The molecule has 0 aliphatic carbocycles. The number of fused-ring (bicyclic) bond motifs is 1. The predicted octanol–water partition coefficient (Wildman–Crippen LogP) is 2.26. The second-order valence-corrected chi connectivity index (χ2v) is 3.98. The highest BCUT2D eigenvalue weighted by Gasteiger charge is 2.14. The Morgan fingerprint density at radius 3 is 2.82 bits per heavy atom. The maximum atomic E-state index is 6.10. The zero-order valence-corrected chi connectivity index (χ0v) is 10.0. The van der Waals surface area contributed by atoms with E-state index in [1.165, 1.54) is 0 Å². The van der Waals surface area contributed by atoms with Crippen LogP contribution in [0.3, 0.4) is 0 Å². The van der Waals surface area contributed by atoms with Crippen LogP contribution in [-0.2, 0) is 0 Å². The molecular weight excluding hydrogens is 214 g/mol. The van der Waals surface area contributed by atoms with Crippen LogP contribution in [0, 0.1) is 11.8 Å². The molecule has 17 heavy (non-hydrogen) atoms. The maximum absolute atomic E-state index is 6.10. The topological polar surface area (TPSA) is 44.5 Å². The standard InChI is InChI=1S/C14H17NO2/c1-2-3-4-5-12(15)11-6-7-13-14(10-11)17-9-8-16-13/h6-7,10,12H,4-5,8-9,15H2,1H3. The van der Waals surface area contributed by atoms with Crippen molar-refractivity contribution in [2.75, 3.05) is 13.2 Å². The lowest BCUT2D eigenvalue weighted by Gasteiger charge is -2.20. The normalized spacial score (nSPS) is 14.7. The van der Waals surface area contributed by atoms with E-state index in [0.717, 1.165) is 29.9 Å². The van der Waals surface area contributed by atoms with Crippen LogP contribution in [0.15, 0.2) is 18.2 Å². The highest BCUT2D eigenvalue weighted by atomic mass is 16.6. The molecule has 1 heterocycles. The molecule has 2 N–H and O–H groups in total. The molecule has 1 aromatic carbocycles. The van der Waals surface area contributed by atoms with E-state index in [9.17, 15) is 0 Å². The van der Waals surface area contributed by atoms with Gasteiger partial charge >= 0.3 is 0 Å². The van der Waals surface area contributed by atoms with Gasteiger partial charge in [-0.15, -0.1) is 11.8 Å². The molecule has 0 fully saturated rings. The van der Waals surface area contributed by atoms with E-state index >= 15 is 0 Å². The van der Waals surface area contributed by atoms with E-state index in [4.69, 9.17) is 15.2 Å². The lowest BCUT2D eigenvalue weighted by atomic mass is 10.0. The molecule has 0 amide bonds. The van der Waals surface area contributed by atoms with Crippen LogP contribution in [0.4, 0.5) is 0 Å². The summed E-state index contributed by atoms with van der Waals surface area (Å²) in [6.45, 7) is 3.06. The Bertz CT molecular complexity index is 445. The van der Waals surface area contributed by atoms with Crippen LogP contribution in [-0.4, -0.2) is 13.2 Å². The van der Waals surface area contributed by atoms with E-state index in [0.29, 0.717) is 13.2 Å². The van der Waals surface area contributed by atoms with Gasteiger partial charge in [-0.2, -0.15) is 0 Å². The van der Waals surface area contributed by atoms with Crippen molar-refractivity contribution in [2.24, 2.45) is 5.73 Å². The van der Waals surface area contributed by atoms with Gasteiger partial charge in [0.25, 0.3) is 0 Å². The van der Waals surface area contributed by atoms with Crippen LogP contribution in [0.2, 0.25) is 0 Å². The van der Waals surface area contributed by atoms with Crippen molar-refractivity contribution in [3.63, 3.8) is 0 Å². The molecule has 1 aliphatic rings. The average molecular weight is 231 g/mol. The van der Waals surface area contributed by atoms with E-state index in [1.807, 2.05) is 25.1 Å². The minimum atomic E-state index is 0.00618. The van der Waals surface area contributed by atoms with Crippen molar-refractivity contribution in [1.29, 1.82) is 0 Å². The lowest BCUT2D eigenvalue weighted by Crippen LogP contribution is -2.16. The third-order valence-corrected chi connectivity index (χ3v) is 2.75. The van der Waals surface area contributed by atoms with E-state index < -0.39 is 0 Å². The molecule has 3 heteroatoms. The van der Waals surface area contributed by atoms with Crippen LogP contribution in [0.25, 0.3) is 0 Å². The molecule has 1 atom stereocenters. The molecule has 1 unspecified atom stereocenters. The SMILES string of the molecule is CC#CCCC(N)c1ccc2c(c1)OCCO2. The van der Waals surface area contributed by atoms with Crippen LogP contribution >= 0.6 is 0 Å². The fraction of sp³-hybridized carbons (Fsp3) is 0.429. The van der Waals surface area contributed by atoms with Gasteiger partial charge in [-0.05, 0) is 31.0 Å². The van der Waals surface area contributed by atoms with Crippen molar-refractivity contribution in [2.45, 2.75) is 25.8 Å². The smallest absolute Gasteiger partial charge is 0.161 e. The molecule has 0 saturated heterocycles. The Balaban J connectivity index is 2.07. The highest BCUT2D eigenvalue weighted by Crippen LogP contribution is 2.32. The van der Waals surface area contributed by atoms with Crippen molar-refractivity contribution in [1.82, 2.24) is 0 Å². The van der Waals surface area contributed by atoms with Crippen molar-refractivity contribution >= 4 is 0 Å². The molecule has 3 nitrogen and oxygen atoms in total. The van der Waals surface area contributed by atoms with Gasteiger partial charge in [-0.25, -0.2) is 0 Å². The number of benzene rings is 1. The van der Waals surface area contributed by atoms with Gasteiger partial charge in [0.1, 0.15) is 13.2 Å². The first-order valence-electron chi connectivity index (χ1n) is 5.86.